The van der Waals surface area contributed by atoms with Crippen molar-refractivity contribution in [1.29, 1.82) is 0 Å². The van der Waals surface area contributed by atoms with Gasteiger partial charge in [0.05, 0.1) is 4.91 Å². The number of carbonyl (C=O) groups excluding carboxylic acids is 1. The zero-order valence-corrected chi connectivity index (χ0v) is 19.2. The third-order valence-corrected chi connectivity index (χ3v) is 6.05. The third-order valence-electron chi connectivity index (χ3n) is 4.68. The molecule has 0 unspecified atom stereocenters. The maximum Gasteiger partial charge on any atom is 0.323 e. The number of carboxylic acids is 1. The zero-order chi connectivity index (χ0) is 21.6. The number of thiocarbonyl (C=S) groups is 1. The topological polar surface area (TPSA) is 60.9 Å². The highest BCUT2D eigenvalue weighted by Gasteiger charge is 2.33. The molecule has 1 saturated heterocycles. The molecule has 0 aromatic heterocycles. The summed E-state index contributed by atoms with van der Waals surface area (Å²) in [5, 5.41) is 8.94. The van der Waals surface area contributed by atoms with Crippen molar-refractivity contribution in [3.63, 3.8) is 0 Å². The van der Waals surface area contributed by atoms with Gasteiger partial charge in [0.15, 0.2) is 0 Å². The molecule has 1 fully saturated rings. The van der Waals surface area contributed by atoms with E-state index in [9.17, 15) is 9.59 Å². The van der Waals surface area contributed by atoms with Crippen molar-refractivity contribution >= 4 is 51.9 Å². The summed E-state index contributed by atoms with van der Waals surface area (Å²) in [6.45, 7) is 10.6. The van der Waals surface area contributed by atoms with Gasteiger partial charge >= 0.3 is 5.97 Å². The lowest BCUT2D eigenvalue weighted by Gasteiger charge is -2.26. The highest BCUT2D eigenvalue weighted by atomic mass is 32.2. The minimum absolute atomic E-state index is 0.286. The van der Waals surface area contributed by atoms with Gasteiger partial charge in [-0.3, -0.25) is 14.5 Å². The first-order valence-electron chi connectivity index (χ1n) is 9.99. The summed E-state index contributed by atoms with van der Waals surface area (Å²) in [7, 11) is 0. The molecule has 2 rings (SSSR count). The molecule has 1 amide bonds. The highest BCUT2D eigenvalue weighted by Crippen LogP contribution is 2.32. The average Bonchev–Trinajstić information content (AvgIpc) is 2.89. The predicted octanol–water partition coefficient (Wildman–Crippen LogP) is 4.87. The first kappa shape index (κ1) is 23.4. The molecule has 7 heteroatoms. The van der Waals surface area contributed by atoms with Crippen molar-refractivity contribution in [2.24, 2.45) is 11.8 Å². The molecule has 1 aromatic carbocycles. The van der Waals surface area contributed by atoms with Crippen LogP contribution in [0.15, 0.2) is 29.2 Å². The number of carbonyl (C=O) groups is 2. The van der Waals surface area contributed by atoms with Gasteiger partial charge < -0.3 is 10.0 Å². The third kappa shape index (κ3) is 7.16. The quantitative estimate of drug-likeness (QED) is 0.419. The fourth-order valence-corrected chi connectivity index (χ4v) is 4.16. The molecule has 0 aliphatic carbocycles. The minimum Gasteiger partial charge on any atom is -0.480 e. The Kier molecular flexibility index (Phi) is 8.71. The number of hydrogen-bond acceptors (Lipinski definition) is 5. The zero-order valence-electron chi connectivity index (χ0n) is 17.6. The molecule has 0 spiro atoms. The van der Waals surface area contributed by atoms with Gasteiger partial charge in [-0.2, -0.15) is 0 Å². The van der Waals surface area contributed by atoms with Gasteiger partial charge in [-0.15, -0.1) is 0 Å². The molecular formula is C22H30N2O3S2. The van der Waals surface area contributed by atoms with Gasteiger partial charge in [0.25, 0.3) is 5.91 Å². The van der Waals surface area contributed by atoms with E-state index in [-0.39, 0.29) is 10.2 Å². The van der Waals surface area contributed by atoms with E-state index in [4.69, 9.17) is 17.3 Å². The van der Waals surface area contributed by atoms with E-state index in [2.05, 4.69) is 44.7 Å². The Bertz CT molecular complexity index is 761. The van der Waals surface area contributed by atoms with Gasteiger partial charge in [0.1, 0.15) is 10.9 Å². The van der Waals surface area contributed by atoms with Crippen LogP contribution in [0, 0.1) is 11.8 Å². The number of carboxylic acid groups (broad SMARTS) is 1. The van der Waals surface area contributed by atoms with Crippen molar-refractivity contribution < 1.29 is 14.7 Å². The van der Waals surface area contributed by atoms with Crippen LogP contribution in [0.2, 0.25) is 0 Å². The van der Waals surface area contributed by atoms with Crippen molar-refractivity contribution in [2.45, 2.75) is 40.5 Å². The number of anilines is 1. The lowest BCUT2D eigenvalue weighted by molar-refractivity contribution is -0.140. The Morgan fingerprint density at radius 1 is 1.14 bits per heavy atom. The standard InChI is InChI=1S/C22H30N2O3S2/c1-15(2)9-11-23(12-10-16(3)4)18-7-5-17(6-8-18)13-19-21(27)24(14-20(25)26)22(28)29-19/h5-8,13,15-16H,9-12,14H2,1-4H3,(H,25,26)/b19-13-. The number of benzene rings is 1. The van der Waals surface area contributed by atoms with E-state index in [0.29, 0.717) is 16.7 Å². The van der Waals surface area contributed by atoms with E-state index in [1.165, 1.54) is 5.69 Å². The molecule has 1 aliphatic rings. The molecule has 0 radical (unpaired) electrons. The number of nitrogens with zero attached hydrogens (tertiary/aromatic N) is 2. The van der Waals surface area contributed by atoms with E-state index in [0.717, 1.165) is 48.2 Å². The second kappa shape index (κ2) is 10.8. The number of thioether (sulfide) groups is 1. The Balaban J connectivity index is 2.13. The van der Waals surface area contributed by atoms with Crippen LogP contribution in [-0.4, -0.2) is 45.8 Å². The molecule has 1 N–H and O–H groups in total. The Hall–Kier alpha value is -1.86. The molecule has 1 heterocycles. The average molecular weight is 435 g/mol. The van der Waals surface area contributed by atoms with E-state index < -0.39 is 12.5 Å². The second-order valence-corrected chi connectivity index (χ2v) is 9.78. The molecule has 1 aliphatic heterocycles. The summed E-state index contributed by atoms with van der Waals surface area (Å²) in [6, 6.07) is 8.17. The van der Waals surface area contributed by atoms with Crippen LogP contribution >= 0.6 is 24.0 Å². The first-order chi connectivity index (χ1) is 13.7. The number of aliphatic carboxylic acids is 1. The van der Waals surface area contributed by atoms with E-state index in [1.54, 1.807) is 6.08 Å². The van der Waals surface area contributed by atoms with Crippen LogP contribution in [0.4, 0.5) is 5.69 Å². The predicted molar refractivity (Wildman–Crippen MR) is 125 cm³/mol. The second-order valence-electron chi connectivity index (χ2n) is 8.11. The van der Waals surface area contributed by atoms with Crippen molar-refractivity contribution in [3.8, 4) is 0 Å². The van der Waals surface area contributed by atoms with E-state index in [1.807, 2.05) is 12.1 Å². The lowest BCUT2D eigenvalue weighted by atomic mass is 10.1. The number of rotatable bonds is 10. The first-order valence-corrected chi connectivity index (χ1v) is 11.2. The normalized spacial score (nSPS) is 15.8. The summed E-state index contributed by atoms with van der Waals surface area (Å²) in [4.78, 5) is 27.3. The summed E-state index contributed by atoms with van der Waals surface area (Å²) in [6.07, 6.45) is 4.06. The van der Waals surface area contributed by atoms with Gasteiger partial charge in [-0.05, 0) is 48.4 Å². The molecule has 29 heavy (non-hydrogen) atoms. The van der Waals surface area contributed by atoms with Crippen LogP contribution in [0.25, 0.3) is 6.08 Å². The van der Waals surface area contributed by atoms with Crippen LogP contribution < -0.4 is 4.90 Å². The monoisotopic (exact) mass is 434 g/mol. The fourth-order valence-electron chi connectivity index (χ4n) is 2.90. The van der Waals surface area contributed by atoms with E-state index >= 15 is 0 Å². The highest BCUT2D eigenvalue weighted by molar-refractivity contribution is 8.26. The molecule has 0 atom stereocenters. The molecule has 5 nitrogen and oxygen atoms in total. The van der Waals surface area contributed by atoms with Crippen LogP contribution in [-0.2, 0) is 9.59 Å². The molecular weight excluding hydrogens is 404 g/mol. The summed E-state index contributed by atoms with van der Waals surface area (Å²) in [5.74, 6) is -0.108. The van der Waals surface area contributed by atoms with Gasteiger partial charge in [-0.25, -0.2) is 0 Å². The van der Waals surface area contributed by atoms with Crippen molar-refractivity contribution in [1.82, 2.24) is 4.90 Å². The summed E-state index contributed by atoms with van der Waals surface area (Å²) < 4.78 is 0.286. The maximum atomic E-state index is 12.4. The van der Waals surface area contributed by atoms with Crippen molar-refractivity contribution in [3.05, 3.63) is 34.7 Å². The number of hydrogen-bond donors (Lipinski definition) is 1. The van der Waals surface area contributed by atoms with Crippen LogP contribution in [0.5, 0.6) is 0 Å². The van der Waals surface area contributed by atoms with Crippen molar-refractivity contribution in [2.75, 3.05) is 24.5 Å². The Labute approximate surface area is 183 Å². The lowest BCUT2D eigenvalue weighted by Crippen LogP contribution is -2.33. The Morgan fingerprint density at radius 3 is 2.17 bits per heavy atom. The Morgan fingerprint density at radius 2 is 1.69 bits per heavy atom. The van der Waals surface area contributed by atoms with Gasteiger partial charge in [0.2, 0.25) is 0 Å². The van der Waals surface area contributed by atoms with Gasteiger partial charge in [-0.1, -0.05) is 63.8 Å². The minimum atomic E-state index is -1.07. The van der Waals surface area contributed by atoms with Gasteiger partial charge in [0, 0.05) is 18.8 Å². The summed E-state index contributed by atoms with van der Waals surface area (Å²) in [5.41, 5.74) is 2.08. The smallest absolute Gasteiger partial charge is 0.323 e. The van der Waals surface area contributed by atoms with Crippen LogP contribution in [0.3, 0.4) is 0 Å². The summed E-state index contributed by atoms with van der Waals surface area (Å²) >= 11 is 6.29. The molecule has 0 saturated carbocycles. The SMILES string of the molecule is CC(C)CCN(CCC(C)C)c1ccc(/C=C2\SC(=S)N(CC(=O)O)C2=O)cc1. The molecule has 158 valence electrons. The molecule has 1 aromatic rings. The largest absolute Gasteiger partial charge is 0.480 e. The molecule has 0 bridgehead atoms. The van der Waals surface area contributed by atoms with Crippen LogP contribution in [0.1, 0.15) is 46.1 Å². The fraction of sp³-hybridized carbons (Fsp3) is 0.500. The number of amides is 1. The maximum absolute atomic E-state index is 12.4.